The van der Waals surface area contributed by atoms with Crippen LogP contribution in [0.3, 0.4) is 0 Å². The summed E-state index contributed by atoms with van der Waals surface area (Å²) in [5.74, 6) is 1.83. The van der Waals surface area contributed by atoms with Gasteiger partial charge >= 0.3 is 0 Å². The molecule has 0 aliphatic carbocycles. The summed E-state index contributed by atoms with van der Waals surface area (Å²) in [7, 11) is 3.54. The van der Waals surface area contributed by atoms with E-state index in [1.807, 2.05) is 25.2 Å². The van der Waals surface area contributed by atoms with Crippen LogP contribution >= 0.6 is 0 Å². The number of rotatable bonds is 6. The molecule has 2 aliphatic rings. The van der Waals surface area contributed by atoms with Crippen molar-refractivity contribution in [3.05, 3.63) is 29.8 Å². The van der Waals surface area contributed by atoms with Crippen molar-refractivity contribution in [1.29, 1.82) is 0 Å². The maximum Gasteiger partial charge on any atom is 0.193 e. The zero-order valence-electron chi connectivity index (χ0n) is 16.7. The van der Waals surface area contributed by atoms with E-state index in [1.54, 1.807) is 7.11 Å². The molecule has 150 valence electrons. The summed E-state index contributed by atoms with van der Waals surface area (Å²) in [5, 5.41) is 3.46. The van der Waals surface area contributed by atoms with Crippen LogP contribution in [0, 0.1) is 0 Å². The van der Waals surface area contributed by atoms with Gasteiger partial charge in [-0.05, 0) is 49.8 Å². The van der Waals surface area contributed by atoms with E-state index in [1.165, 1.54) is 18.4 Å². The first-order valence-corrected chi connectivity index (χ1v) is 10.1. The summed E-state index contributed by atoms with van der Waals surface area (Å²) in [5.41, 5.74) is 1.18. The van der Waals surface area contributed by atoms with Crippen LogP contribution in [0.2, 0.25) is 0 Å². The van der Waals surface area contributed by atoms with Crippen LogP contribution < -0.4 is 10.1 Å². The van der Waals surface area contributed by atoms with E-state index in [9.17, 15) is 0 Å². The molecule has 2 heterocycles. The molecule has 6 heteroatoms. The monoisotopic (exact) mass is 375 g/mol. The minimum Gasteiger partial charge on any atom is -0.497 e. The number of piperidine rings is 1. The van der Waals surface area contributed by atoms with E-state index < -0.39 is 0 Å². The maximum absolute atomic E-state index is 6.11. The van der Waals surface area contributed by atoms with E-state index in [4.69, 9.17) is 14.2 Å². The standard InChI is InChI=1S/C21H33N3O3/c1-22-21(23-15-17-6-5-8-19(14-17)25-2)24-11-9-18(10-12-24)27-16-20-7-3-4-13-26-20/h5-6,8,14,18,20H,3-4,7,9-13,15-16H2,1-2H3,(H,22,23). The Hall–Kier alpha value is -1.79. The first-order valence-electron chi connectivity index (χ1n) is 10.1. The third-order valence-electron chi connectivity index (χ3n) is 5.33. The number of nitrogens with one attached hydrogen (secondary N) is 1. The van der Waals surface area contributed by atoms with Crippen molar-refractivity contribution in [2.24, 2.45) is 4.99 Å². The Morgan fingerprint density at radius 1 is 1.26 bits per heavy atom. The van der Waals surface area contributed by atoms with Gasteiger partial charge in [0.25, 0.3) is 0 Å². The molecule has 6 nitrogen and oxygen atoms in total. The minimum absolute atomic E-state index is 0.300. The summed E-state index contributed by atoms with van der Waals surface area (Å²) >= 11 is 0. The van der Waals surface area contributed by atoms with Crippen LogP contribution in [0.4, 0.5) is 0 Å². The largest absolute Gasteiger partial charge is 0.497 e. The minimum atomic E-state index is 0.300. The Balaban J connectivity index is 1.40. The number of ether oxygens (including phenoxy) is 3. The lowest BCUT2D eigenvalue weighted by atomic mass is 10.1. The highest BCUT2D eigenvalue weighted by Crippen LogP contribution is 2.18. The second-order valence-electron chi connectivity index (χ2n) is 7.26. The molecule has 27 heavy (non-hydrogen) atoms. The van der Waals surface area contributed by atoms with Crippen molar-refractivity contribution < 1.29 is 14.2 Å². The molecule has 0 radical (unpaired) electrons. The normalized spacial score (nSPS) is 21.9. The van der Waals surface area contributed by atoms with Gasteiger partial charge in [0.2, 0.25) is 0 Å². The Bertz CT molecular complexity index is 594. The average Bonchev–Trinajstić information content (AvgIpc) is 2.74. The third kappa shape index (κ3) is 6.11. The molecule has 1 atom stereocenters. The van der Waals surface area contributed by atoms with Crippen molar-refractivity contribution >= 4 is 5.96 Å². The van der Waals surface area contributed by atoms with E-state index in [2.05, 4.69) is 21.3 Å². The fraction of sp³-hybridized carbons (Fsp3) is 0.667. The molecule has 1 aromatic rings. The SMILES string of the molecule is CN=C(NCc1cccc(OC)c1)N1CCC(OCC2CCCCO2)CC1. The van der Waals surface area contributed by atoms with Crippen LogP contribution in [-0.2, 0) is 16.0 Å². The first kappa shape index (κ1) is 20.0. The fourth-order valence-electron chi connectivity index (χ4n) is 3.71. The predicted octanol–water partition coefficient (Wildman–Crippen LogP) is 2.82. The van der Waals surface area contributed by atoms with E-state index in [-0.39, 0.29) is 0 Å². The van der Waals surface area contributed by atoms with Crippen molar-refractivity contribution in [2.45, 2.75) is 50.9 Å². The molecule has 2 aliphatic heterocycles. The lowest BCUT2D eigenvalue weighted by molar-refractivity contribution is -0.0721. The second-order valence-corrected chi connectivity index (χ2v) is 7.26. The van der Waals surface area contributed by atoms with Gasteiger partial charge in [-0.1, -0.05) is 12.1 Å². The molecule has 0 bridgehead atoms. The Labute approximate surface area is 162 Å². The molecule has 2 fully saturated rings. The maximum atomic E-state index is 6.11. The van der Waals surface area contributed by atoms with Crippen molar-refractivity contribution in [1.82, 2.24) is 10.2 Å². The highest BCUT2D eigenvalue weighted by molar-refractivity contribution is 5.80. The van der Waals surface area contributed by atoms with E-state index >= 15 is 0 Å². The number of benzene rings is 1. The highest BCUT2D eigenvalue weighted by Gasteiger charge is 2.23. The first-order chi connectivity index (χ1) is 13.3. The summed E-state index contributed by atoms with van der Waals surface area (Å²) in [6.45, 7) is 4.30. The summed E-state index contributed by atoms with van der Waals surface area (Å²) < 4.78 is 17.2. The number of hydrogen-bond acceptors (Lipinski definition) is 4. The predicted molar refractivity (Wildman–Crippen MR) is 107 cm³/mol. The fourth-order valence-corrected chi connectivity index (χ4v) is 3.71. The quantitative estimate of drug-likeness (QED) is 0.612. The van der Waals surface area contributed by atoms with E-state index in [0.717, 1.165) is 63.8 Å². The molecule has 1 N–H and O–H groups in total. The summed E-state index contributed by atoms with van der Waals surface area (Å²) in [4.78, 5) is 6.77. The van der Waals surface area contributed by atoms with Crippen LogP contribution in [0.25, 0.3) is 0 Å². The van der Waals surface area contributed by atoms with Gasteiger partial charge in [0.15, 0.2) is 5.96 Å². The number of nitrogens with zero attached hydrogens (tertiary/aromatic N) is 2. The lowest BCUT2D eigenvalue weighted by Crippen LogP contribution is -2.47. The molecule has 0 spiro atoms. The highest BCUT2D eigenvalue weighted by atomic mass is 16.5. The molecule has 0 saturated carbocycles. The number of hydrogen-bond donors (Lipinski definition) is 1. The zero-order chi connectivity index (χ0) is 18.9. The van der Waals surface area contributed by atoms with Crippen molar-refractivity contribution in [3.63, 3.8) is 0 Å². The number of aliphatic imine (C=N–C) groups is 1. The molecule has 2 saturated heterocycles. The van der Waals surface area contributed by atoms with Crippen LogP contribution in [-0.4, -0.2) is 63.5 Å². The zero-order valence-corrected chi connectivity index (χ0v) is 16.7. The topological polar surface area (TPSA) is 55.3 Å². The Morgan fingerprint density at radius 3 is 2.81 bits per heavy atom. The van der Waals surface area contributed by atoms with Crippen LogP contribution in [0.5, 0.6) is 5.75 Å². The van der Waals surface area contributed by atoms with Gasteiger partial charge in [0.1, 0.15) is 5.75 Å². The van der Waals surface area contributed by atoms with Crippen LogP contribution in [0.1, 0.15) is 37.7 Å². The molecule has 1 aromatic carbocycles. The lowest BCUT2D eigenvalue weighted by Gasteiger charge is -2.35. The average molecular weight is 376 g/mol. The van der Waals surface area contributed by atoms with Gasteiger partial charge < -0.3 is 24.4 Å². The molecule has 3 rings (SSSR count). The van der Waals surface area contributed by atoms with Gasteiger partial charge in [0, 0.05) is 33.3 Å². The molecule has 0 aromatic heterocycles. The molecule has 0 amide bonds. The summed E-state index contributed by atoms with van der Waals surface area (Å²) in [6, 6.07) is 8.11. The second kappa shape index (κ2) is 10.5. The summed E-state index contributed by atoms with van der Waals surface area (Å²) in [6.07, 6.45) is 6.30. The van der Waals surface area contributed by atoms with Gasteiger partial charge in [0.05, 0.1) is 25.9 Å². The van der Waals surface area contributed by atoms with E-state index in [0.29, 0.717) is 12.2 Å². The molecular weight excluding hydrogens is 342 g/mol. The van der Waals surface area contributed by atoms with Gasteiger partial charge in [-0.25, -0.2) is 0 Å². The van der Waals surface area contributed by atoms with Crippen molar-refractivity contribution in [3.8, 4) is 5.75 Å². The molecule has 1 unspecified atom stereocenters. The van der Waals surface area contributed by atoms with Crippen molar-refractivity contribution in [2.75, 3.05) is 40.5 Å². The number of likely N-dealkylation sites (tertiary alicyclic amines) is 1. The Kier molecular flexibility index (Phi) is 7.78. The van der Waals surface area contributed by atoms with Crippen LogP contribution in [0.15, 0.2) is 29.3 Å². The van der Waals surface area contributed by atoms with Gasteiger partial charge in [-0.3, -0.25) is 4.99 Å². The Morgan fingerprint density at radius 2 is 2.11 bits per heavy atom. The van der Waals surface area contributed by atoms with Gasteiger partial charge in [-0.15, -0.1) is 0 Å². The number of guanidine groups is 1. The van der Waals surface area contributed by atoms with Gasteiger partial charge in [-0.2, -0.15) is 0 Å². The number of methoxy groups -OCH3 is 1. The third-order valence-corrected chi connectivity index (χ3v) is 5.33. The molecular formula is C21H33N3O3. The smallest absolute Gasteiger partial charge is 0.193 e.